The van der Waals surface area contributed by atoms with Crippen molar-refractivity contribution in [2.24, 2.45) is 0 Å². The first-order valence-corrected chi connectivity index (χ1v) is 7.29. The third kappa shape index (κ3) is 3.00. The highest BCUT2D eigenvalue weighted by atomic mass is 14.7. The quantitative estimate of drug-likeness (QED) is 0.690. The third-order valence-corrected chi connectivity index (χ3v) is 3.75. The van der Waals surface area contributed by atoms with Gasteiger partial charge in [0.15, 0.2) is 0 Å². The molecule has 3 rings (SSSR count). The molecule has 1 atom stereocenters. The molecule has 2 nitrogen and oxygen atoms in total. The topological polar surface area (TPSA) is 25.8 Å². The summed E-state index contributed by atoms with van der Waals surface area (Å²) in [6, 6.07) is 18.7. The molecule has 2 aromatic heterocycles. The zero-order valence-electron chi connectivity index (χ0n) is 12.1. The van der Waals surface area contributed by atoms with Gasteiger partial charge < -0.3 is 0 Å². The van der Waals surface area contributed by atoms with Crippen LogP contribution in [0.5, 0.6) is 0 Å². The highest BCUT2D eigenvalue weighted by Gasteiger charge is 2.12. The molecule has 0 fully saturated rings. The molecule has 1 aromatic carbocycles. The molecule has 0 radical (unpaired) electrons. The summed E-state index contributed by atoms with van der Waals surface area (Å²) in [5.41, 5.74) is 4.65. The maximum absolute atomic E-state index is 4.62. The molecule has 0 saturated heterocycles. The van der Waals surface area contributed by atoms with Crippen molar-refractivity contribution in [3.8, 4) is 11.3 Å². The van der Waals surface area contributed by atoms with E-state index in [2.05, 4.69) is 47.2 Å². The molecule has 0 aliphatic heterocycles. The Labute approximate surface area is 125 Å². The van der Waals surface area contributed by atoms with Gasteiger partial charge in [-0.1, -0.05) is 49.4 Å². The largest absolute Gasteiger partial charge is 0.264 e. The molecule has 104 valence electrons. The number of nitrogens with zero attached hydrogens (tertiary/aromatic N) is 2. The lowest BCUT2D eigenvalue weighted by molar-refractivity contribution is 0.768. The van der Waals surface area contributed by atoms with Crippen LogP contribution in [0, 0.1) is 0 Å². The number of pyridine rings is 2. The van der Waals surface area contributed by atoms with Crippen molar-refractivity contribution in [1.29, 1.82) is 0 Å². The van der Waals surface area contributed by atoms with Crippen molar-refractivity contribution in [1.82, 2.24) is 9.97 Å². The van der Waals surface area contributed by atoms with Gasteiger partial charge in [-0.2, -0.15) is 0 Å². The highest BCUT2D eigenvalue weighted by Crippen LogP contribution is 2.28. The van der Waals surface area contributed by atoms with Gasteiger partial charge in [0.2, 0.25) is 0 Å². The molecule has 0 amide bonds. The molecule has 0 aliphatic rings. The van der Waals surface area contributed by atoms with E-state index in [4.69, 9.17) is 0 Å². The predicted molar refractivity (Wildman–Crippen MR) is 86.0 cm³/mol. The lowest BCUT2D eigenvalue weighted by Gasteiger charge is -2.15. The van der Waals surface area contributed by atoms with E-state index in [0.29, 0.717) is 5.92 Å². The Kier molecular flexibility index (Phi) is 4.06. The van der Waals surface area contributed by atoms with E-state index in [-0.39, 0.29) is 0 Å². The molecule has 0 bridgehead atoms. The second kappa shape index (κ2) is 6.31. The predicted octanol–water partition coefficient (Wildman–Crippen LogP) is 4.69. The van der Waals surface area contributed by atoms with E-state index >= 15 is 0 Å². The van der Waals surface area contributed by atoms with Crippen LogP contribution in [-0.2, 0) is 0 Å². The second-order valence-corrected chi connectivity index (χ2v) is 5.09. The Balaban J connectivity index is 1.90. The monoisotopic (exact) mass is 274 g/mol. The summed E-state index contributed by atoms with van der Waals surface area (Å²) in [4.78, 5) is 8.85. The summed E-state index contributed by atoms with van der Waals surface area (Å²) >= 11 is 0. The highest BCUT2D eigenvalue weighted by molar-refractivity contribution is 5.58. The third-order valence-electron chi connectivity index (χ3n) is 3.75. The molecular formula is C19H18N2. The van der Waals surface area contributed by atoms with Crippen LogP contribution in [0.15, 0.2) is 73.2 Å². The lowest BCUT2D eigenvalue weighted by Crippen LogP contribution is -2.01. The average Bonchev–Trinajstić information content (AvgIpc) is 2.58. The molecule has 2 heterocycles. The minimum absolute atomic E-state index is 0.357. The van der Waals surface area contributed by atoms with Crippen LogP contribution in [0.25, 0.3) is 11.3 Å². The zero-order chi connectivity index (χ0) is 14.5. The van der Waals surface area contributed by atoms with Crippen molar-refractivity contribution >= 4 is 0 Å². The minimum atomic E-state index is 0.357. The summed E-state index contributed by atoms with van der Waals surface area (Å²) in [7, 11) is 0. The van der Waals surface area contributed by atoms with Crippen molar-refractivity contribution in [3.05, 3.63) is 84.3 Å². The van der Waals surface area contributed by atoms with E-state index in [9.17, 15) is 0 Å². The molecule has 1 unspecified atom stereocenters. The smallest absolute Gasteiger partial charge is 0.0702 e. The summed E-state index contributed by atoms with van der Waals surface area (Å²) in [6.45, 7) is 2.20. The molecule has 0 spiro atoms. The van der Waals surface area contributed by atoms with Crippen LogP contribution in [-0.4, -0.2) is 9.97 Å². The summed E-state index contributed by atoms with van der Waals surface area (Å²) in [5.74, 6) is 0.357. The fourth-order valence-corrected chi connectivity index (χ4v) is 2.64. The number of rotatable bonds is 4. The fourth-order valence-electron chi connectivity index (χ4n) is 2.64. The first-order valence-electron chi connectivity index (χ1n) is 7.29. The summed E-state index contributed by atoms with van der Waals surface area (Å²) < 4.78 is 0. The maximum atomic E-state index is 4.62. The maximum Gasteiger partial charge on any atom is 0.0702 e. The van der Waals surface area contributed by atoms with Crippen molar-refractivity contribution in [2.45, 2.75) is 19.3 Å². The van der Waals surface area contributed by atoms with Gasteiger partial charge in [0.1, 0.15) is 0 Å². The number of benzene rings is 1. The average molecular weight is 274 g/mol. The second-order valence-electron chi connectivity index (χ2n) is 5.09. The van der Waals surface area contributed by atoms with Gasteiger partial charge in [-0.15, -0.1) is 0 Å². The molecule has 2 heteroatoms. The molecule has 0 saturated carbocycles. The first kappa shape index (κ1) is 13.5. The number of hydrogen-bond donors (Lipinski definition) is 0. The molecule has 0 N–H and O–H groups in total. The Morgan fingerprint density at radius 1 is 0.857 bits per heavy atom. The van der Waals surface area contributed by atoms with Gasteiger partial charge in [-0.05, 0) is 29.7 Å². The van der Waals surface area contributed by atoms with Crippen LogP contribution >= 0.6 is 0 Å². The molecule has 21 heavy (non-hydrogen) atoms. The minimum Gasteiger partial charge on any atom is -0.264 e. The van der Waals surface area contributed by atoms with Gasteiger partial charge in [0.05, 0.1) is 5.69 Å². The summed E-state index contributed by atoms with van der Waals surface area (Å²) in [6.07, 6.45) is 6.79. The van der Waals surface area contributed by atoms with Crippen molar-refractivity contribution in [2.75, 3.05) is 0 Å². The summed E-state index contributed by atoms with van der Waals surface area (Å²) in [5, 5.41) is 0. The van der Waals surface area contributed by atoms with Gasteiger partial charge >= 0.3 is 0 Å². The van der Waals surface area contributed by atoms with Gasteiger partial charge in [0, 0.05) is 30.1 Å². The number of hydrogen-bond acceptors (Lipinski definition) is 2. The Morgan fingerprint density at radius 3 is 2.29 bits per heavy atom. The SMILES string of the molecule is CCC(c1cccnc1)c1ccc(-c2ccccc2)nc1. The Bertz CT molecular complexity index is 676. The van der Waals surface area contributed by atoms with Gasteiger partial charge in [0.25, 0.3) is 0 Å². The first-order chi connectivity index (χ1) is 10.4. The molecular weight excluding hydrogens is 256 g/mol. The standard InChI is InChI=1S/C19H18N2/c1-2-18(16-9-6-12-20-13-16)17-10-11-19(21-14-17)15-7-4-3-5-8-15/h3-14,18H,2H2,1H3. The number of aromatic nitrogens is 2. The molecule has 3 aromatic rings. The Morgan fingerprint density at radius 2 is 1.67 bits per heavy atom. The van der Waals surface area contributed by atoms with Crippen LogP contribution in [0.3, 0.4) is 0 Å². The zero-order valence-corrected chi connectivity index (χ0v) is 12.1. The van der Waals surface area contributed by atoms with Crippen molar-refractivity contribution in [3.63, 3.8) is 0 Å². The van der Waals surface area contributed by atoms with Crippen LogP contribution in [0.1, 0.15) is 30.4 Å². The van der Waals surface area contributed by atoms with E-state index in [1.165, 1.54) is 11.1 Å². The normalized spacial score (nSPS) is 12.0. The van der Waals surface area contributed by atoms with E-state index < -0.39 is 0 Å². The van der Waals surface area contributed by atoms with E-state index in [1.807, 2.05) is 42.9 Å². The van der Waals surface area contributed by atoms with Gasteiger partial charge in [-0.3, -0.25) is 9.97 Å². The van der Waals surface area contributed by atoms with Crippen LogP contribution < -0.4 is 0 Å². The van der Waals surface area contributed by atoms with Crippen LogP contribution in [0.4, 0.5) is 0 Å². The van der Waals surface area contributed by atoms with Crippen molar-refractivity contribution < 1.29 is 0 Å². The fraction of sp³-hybridized carbons (Fsp3) is 0.158. The van der Waals surface area contributed by atoms with E-state index in [0.717, 1.165) is 17.7 Å². The van der Waals surface area contributed by atoms with Crippen LogP contribution in [0.2, 0.25) is 0 Å². The van der Waals surface area contributed by atoms with E-state index in [1.54, 1.807) is 0 Å². The lowest BCUT2D eigenvalue weighted by atomic mass is 9.91. The molecule has 0 aliphatic carbocycles. The van der Waals surface area contributed by atoms with Gasteiger partial charge in [-0.25, -0.2) is 0 Å². The Hall–Kier alpha value is -2.48.